The SMILES string of the molecule is O=C1CCCC[C@@H]1[P@@](=S)(c1ccccc1)N1CCOCC1. The molecule has 0 aromatic heterocycles. The van der Waals surface area contributed by atoms with Gasteiger partial charge in [0.2, 0.25) is 0 Å². The lowest BCUT2D eigenvalue weighted by Crippen LogP contribution is -2.42. The summed E-state index contributed by atoms with van der Waals surface area (Å²) in [6, 6.07) is 10.4. The highest BCUT2D eigenvalue weighted by molar-refractivity contribution is 8.17. The molecule has 1 aromatic rings. The Bertz CT molecular complexity index is 542. The first-order valence-corrected chi connectivity index (χ1v) is 10.6. The lowest BCUT2D eigenvalue weighted by Gasteiger charge is -2.43. The van der Waals surface area contributed by atoms with Crippen LogP contribution < -0.4 is 5.30 Å². The molecule has 21 heavy (non-hydrogen) atoms. The van der Waals surface area contributed by atoms with Crippen LogP contribution in [0.25, 0.3) is 0 Å². The highest BCUT2D eigenvalue weighted by Gasteiger charge is 2.41. The Hall–Kier alpha value is -0.540. The number of rotatable bonds is 3. The minimum atomic E-state index is -2.04. The van der Waals surface area contributed by atoms with E-state index in [2.05, 4.69) is 16.8 Å². The number of ketones is 1. The van der Waals surface area contributed by atoms with Crippen LogP contribution in [0.1, 0.15) is 25.7 Å². The Morgan fingerprint density at radius 3 is 2.52 bits per heavy atom. The molecule has 1 aliphatic carbocycles. The molecule has 5 heteroatoms. The highest BCUT2D eigenvalue weighted by atomic mass is 32.4. The van der Waals surface area contributed by atoms with Crippen LogP contribution in [0, 0.1) is 0 Å². The van der Waals surface area contributed by atoms with Crippen molar-refractivity contribution in [2.45, 2.75) is 31.3 Å². The number of hydrogen-bond donors (Lipinski definition) is 0. The van der Waals surface area contributed by atoms with E-state index in [1.165, 1.54) is 5.30 Å². The fraction of sp³-hybridized carbons (Fsp3) is 0.562. The molecule has 1 aromatic carbocycles. The molecule has 0 unspecified atom stereocenters. The number of benzene rings is 1. The lowest BCUT2D eigenvalue weighted by molar-refractivity contribution is -0.119. The second-order valence-corrected chi connectivity index (χ2v) is 10.4. The quantitative estimate of drug-likeness (QED) is 0.800. The summed E-state index contributed by atoms with van der Waals surface area (Å²) < 4.78 is 7.89. The predicted octanol–water partition coefficient (Wildman–Crippen LogP) is 2.55. The van der Waals surface area contributed by atoms with Crippen molar-refractivity contribution in [2.24, 2.45) is 0 Å². The minimum Gasteiger partial charge on any atom is -0.379 e. The molecule has 0 radical (unpaired) electrons. The smallest absolute Gasteiger partial charge is 0.142 e. The van der Waals surface area contributed by atoms with Crippen molar-refractivity contribution in [3.8, 4) is 0 Å². The molecule has 3 rings (SSSR count). The van der Waals surface area contributed by atoms with E-state index in [4.69, 9.17) is 16.5 Å². The van der Waals surface area contributed by atoms with Crippen LogP contribution in [0.3, 0.4) is 0 Å². The summed E-state index contributed by atoms with van der Waals surface area (Å²) in [7, 11) is 0. The van der Waals surface area contributed by atoms with Gasteiger partial charge >= 0.3 is 0 Å². The molecule has 0 spiro atoms. The van der Waals surface area contributed by atoms with Crippen LogP contribution in [0.15, 0.2) is 30.3 Å². The van der Waals surface area contributed by atoms with Crippen LogP contribution in [-0.4, -0.2) is 42.4 Å². The van der Waals surface area contributed by atoms with Gasteiger partial charge in [0.1, 0.15) is 5.78 Å². The molecule has 114 valence electrons. The summed E-state index contributed by atoms with van der Waals surface area (Å²) in [4.78, 5) is 12.6. The number of carbonyl (C=O) groups is 1. The second-order valence-electron chi connectivity index (χ2n) is 5.75. The Kier molecular flexibility index (Phi) is 4.90. The van der Waals surface area contributed by atoms with Gasteiger partial charge in [0.15, 0.2) is 0 Å². The van der Waals surface area contributed by atoms with Crippen molar-refractivity contribution in [2.75, 3.05) is 26.3 Å². The van der Waals surface area contributed by atoms with Crippen molar-refractivity contribution >= 4 is 29.1 Å². The molecule has 0 amide bonds. The van der Waals surface area contributed by atoms with Crippen LogP contribution in [0.4, 0.5) is 0 Å². The van der Waals surface area contributed by atoms with Gasteiger partial charge in [-0.15, -0.1) is 0 Å². The fourth-order valence-corrected chi connectivity index (χ4v) is 8.38. The third kappa shape index (κ3) is 3.00. The van der Waals surface area contributed by atoms with E-state index in [9.17, 15) is 4.79 Å². The van der Waals surface area contributed by atoms with Crippen molar-refractivity contribution in [3.05, 3.63) is 30.3 Å². The van der Waals surface area contributed by atoms with Gasteiger partial charge < -0.3 is 4.74 Å². The van der Waals surface area contributed by atoms with Crippen LogP contribution in [0.5, 0.6) is 0 Å². The molecule has 2 aliphatic rings. The monoisotopic (exact) mass is 323 g/mol. The zero-order valence-electron chi connectivity index (χ0n) is 12.2. The lowest BCUT2D eigenvalue weighted by atomic mass is 9.99. The van der Waals surface area contributed by atoms with Gasteiger partial charge in [-0.1, -0.05) is 48.6 Å². The predicted molar refractivity (Wildman–Crippen MR) is 90.0 cm³/mol. The molecule has 0 bridgehead atoms. The van der Waals surface area contributed by atoms with Crippen molar-refractivity contribution < 1.29 is 9.53 Å². The van der Waals surface area contributed by atoms with E-state index in [1.54, 1.807) is 0 Å². The van der Waals surface area contributed by atoms with Crippen molar-refractivity contribution in [3.63, 3.8) is 0 Å². The molecule has 3 nitrogen and oxygen atoms in total. The van der Waals surface area contributed by atoms with Gasteiger partial charge in [-0.3, -0.25) is 9.46 Å². The van der Waals surface area contributed by atoms with Crippen LogP contribution in [0.2, 0.25) is 0 Å². The van der Waals surface area contributed by atoms with E-state index >= 15 is 0 Å². The first-order valence-electron chi connectivity index (χ1n) is 7.74. The molecule has 0 N–H and O–H groups in total. The summed E-state index contributed by atoms with van der Waals surface area (Å²) >= 11 is 6.25. The molecule has 2 fully saturated rings. The van der Waals surface area contributed by atoms with Gasteiger partial charge in [-0.25, -0.2) is 0 Å². The highest BCUT2D eigenvalue weighted by Crippen LogP contribution is 2.56. The third-order valence-corrected chi connectivity index (χ3v) is 10.2. The third-order valence-electron chi connectivity index (χ3n) is 4.48. The fourth-order valence-electron chi connectivity index (χ4n) is 3.37. The van der Waals surface area contributed by atoms with Gasteiger partial charge in [0, 0.05) is 19.5 Å². The van der Waals surface area contributed by atoms with Gasteiger partial charge in [-0.05, 0) is 18.1 Å². The standard InChI is InChI=1S/C16H22NO2PS/c18-15-8-4-5-9-16(15)20(21,14-6-2-1-3-7-14)17-10-12-19-13-11-17/h1-3,6-7,16H,4-5,8-13H2/t16-,20-/m0/s1. The second kappa shape index (κ2) is 6.70. The average Bonchev–Trinajstić information content (AvgIpc) is 2.56. The number of nitrogens with zero attached hydrogens (tertiary/aromatic N) is 1. The number of ether oxygens (including phenoxy) is 1. The van der Waals surface area contributed by atoms with Gasteiger partial charge in [0.25, 0.3) is 0 Å². The topological polar surface area (TPSA) is 29.5 Å². The number of morpholine rings is 1. The first-order chi connectivity index (χ1) is 10.2. The van der Waals surface area contributed by atoms with Crippen molar-refractivity contribution in [1.29, 1.82) is 0 Å². The molecule has 1 saturated carbocycles. The zero-order valence-corrected chi connectivity index (χ0v) is 14.0. The van der Waals surface area contributed by atoms with E-state index in [0.29, 0.717) is 12.2 Å². The maximum absolute atomic E-state index is 12.6. The summed E-state index contributed by atoms with van der Waals surface area (Å²) in [6.45, 7) is 3.17. The van der Waals surface area contributed by atoms with Crippen LogP contribution in [-0.2, 0) is 21.3 Å². The van der Waals surface area contributed by atoms with Crippen molar-refractivity contribution in [1.82, 2.24) is 4.67 Å². The molecule has 1 saturated heterocycles. The number of carbonyl (C=O) groups excluding carboxylic acids is 1. The summed E-state index contributed by atoms with van der Waals surface area (Å²) in [5, 5.41) is 1.20. The van der Waals surface area contributed by atoms with E-state index in [-0.39, 0.29) is 5.66 Å². The molecular formula is C16H22NO2PS. The Morgan fingerprint density at radius 1 is 1.14 bits per heavy atom. The van der Waals surface area contributed by atoms with Crippen LogP contribution >= 0.6 is 6.19 Å². The number of Topliss-reactive ketones (excluding diaryl/α,β-unsaturated/α-hetero) is 1. The molecular weight excluding hydrogens is 301 g/mol. The molecule has 1 heterocycles. The minimum absolute atomic E-state index is 0.0433. The normalized spacial score (nSPS) is 27.2. The summed E-state index contributed by atoms with van der Waals surface area (Å²) in [5.41, 5.74) is 0.0433. The maximum atomic E-state index is 12.6. The average molecular weight is 323 g/mol. The van der Waals surface area contributed by atoms with Gasteiger partial charge in [0.05, 0.1) is 25.1 Å². The van der Waals surface area contributed by atoms with Gasteiger partial charge in [-0.2, -0.15) is 0 Å². The Labute approximate surface area is 131 Å². The Balaban J connectivity index is 2.01. The largest absolute Gasteiger partial charge is 0.379 e. The maximum Gasteiger partial charge on any atom is 0.142 e. The first kappa shape index (κ1) is 15.4. The summed E-state index contributed by atoms with van der Waals surface area (Å²) in [6.07, 6.45) is 1.79. The van der Waals surface area contributed by atoms with E-state index in [0.717, 1.165) is 45.6 Å². The zero-order chi connectivity index (χ0) is 14.7. The molecule has 2 atom stereocenters. The van der Waals surface area contributed by atoms with E-state index < -0.39 is 6.19 Å². The van der Waals surface area contributed by atoms with E-state index in [1.807, 2.05) is 18.2 Å². The molecule has 1 aliphatic heterocycles. The Morgan fingerprint density at radius 2 is 1.86 bits per heavy atom. The number of hydrogen-bond acceptors (Lipinski definition) is 3. The summed E-state index contributed by atoms with van der Waals surface area (Å²) in [5.74, 6) is 0.389.